The van der Waals surface area contributed by atoms with Crippen LogP contribution in [0.5, 0.6) is 0 Å². The Bertz CT molecular complexity index is 404. The quantitative estimate of drug-likeness (QED) is 0.813. The van der Waals surface area contributed by atoms with Crippen LogP contribution in [-0.2, 0) is 6.54 Å². The van der Waals surface area contributed by atoms with Crippen LogP contribution in [0, 0.1) is 11.6 Å². The normalized spacial score (nSPS) is 17.8. The molecule has 1 fully saturated rings. The Labute approximate surface area is 113 Å². The molecule has 0 saturated carbocycles. The average molecular weight is 269 g/mol. The van der Waals surface area contributed by atoms with E-state index in [4.69, 9.17) is 0 Å². The van der Waals surface area contributed by atoms with E-state index in [1.165, 1.54) is 6.07 Å². The molecular formula is C14H21F2N3. The fourth-order valence-corrected chi connectivity index (χ4v) is 2.22. The summed E-state index contributed by atoms with van der Waals surface area (Å²) in [5, 5.41) is 3.17. The van der Waals surface area contributed by atoms with E-state index < -0.39 is 11.6 Å². The van der Waals surface area contributed by atoms with Gasteiger partial charge < -0.3 is 10.2 Å². The van der Waals surface area contributed by atoms with Crippen molar-refractivity contribution in [2.45, 2.75) is 6.54 Å². The number of nitrogens with zero attached hydrogens (tertiary/aromatic N) is 2. The molecule has 0 aliphatic carbocycles. The van der Waals surface area contributed by atoms with Crippen LogP contribution in [0.25, 0.3) is 0 Å². The predicted molar refractivity (Wildman–Crippen MR) is 72.0 cm³/mol. The predicted octanol–water partition coefficient (Wildman–Crippen LogP) is 1.30. The van der Waals surface area contributed by atoms with Crippen LogP contribution < -0.4 is 5.32 Å². The maximum absolute atomic E-state index is 13.4. The van der Waals surface area contributed by atoms with Gasteiger partial charge in [0.1, 0.15) is 0 Å². The van der Waals surface area contributed by atoms with Crippen molar-refractivity contribution in [3.8, 4) is 0 Å². The molecule has 2 rings (SSSR count). The lowest BCUT2D eigenvalue weighted by atomic mass is 10.2. The first-order valence-electron chi connectivity index (χ1n) is 6.71. The molecular weight excluding hydrogens is 248 g/mol. The summed E-state index contributed by atoms with van der Waals surface area (Å²) in [5.74, 6) is -1.52. The third-order valence-electron chi connectivity index (χ3n) is 3.55. The highest BCUT2D eigenvalue weighted by atomic mass is 19.2. The van der Waals surface area contributed by atoms with Gasteiger partial charge in [0.25, 0.3) is 0 Å². The van der Waals surface area contributed by atoms with Gasteiger partial charge in [-0.3, -0.25) is 4.90 Å². The van der Waals surface area contributed by atoms with E-state index in [0.29, 0.717) is 12.1 Å². The summed E-state index contributed by atoms with van der Waals surface area (Å²) in [6.45, 7) is 6.46. The number of nitrogens with one attached hydrogen (secondary N) is 1. The lowest BCUT2D eigenvalue weighted by Gasteiger charge is -2.32. The van der Waals surface area contributed by atoms with Crippen LogP contribution in [0.4, 0.5) is 8.78 Å². The van der Waals surface area contributed by atoms with E-state index in [0.717, 1.165) is 45.3 Å². The smallest absolute Gasteiger partial charge is 0.163 e. The van der Waals surface area contributed by atoms with E-state index in [9.17, 15) is 8.78 Å². The van der Waals surface area contributed by atoms with Crippen molar-refractivity contribution in [2.75, 3.05) is 46.3 Å². The number of piperazine rings is 1. The van der Waals surface area contributed by atoms with Crippen molar-refractivity contribution in [1.29, 1.82) is 0 Å². The minimum absolute atomic E-state index is 0.372. The number of benzene rings is 1. The summed E-state index contributed by atoms with van der Waals surface area (Å²) in [4.78, 5) is 4.70. The molecule has 1 aliphatic heterocycles. The number of halogens is 2. The van der Waals surface area contributed by atoms with Gasteiger partial charge in [0.2, 0.25) is 0 Å². The standard InChI is InChI=1S/C14H21F2N3/c1-18-7-9-19(10-8-18)6-5-17-11-12-3-2-4-13(15)14(12)16/h2-4,17H,5-11H2,1H3. The number of hydrogen-bond acceptors (Lipinski definition) is 3. The molecule has 0 aromatic heterocycles. The third-order valence-corrected chi connectivity index (χ3v) is 3.55. The zero-order valence-electron chi connectivity index (χ0n) is 11.3. The maximum atomic E-state index is 13.4. The molecule has 0 spiro atoms. The highest BCUT2D eigenvalue weighted by molar-refractivity contribution is 5.18. The summed E-state index contributed by atoms with van der Waals surface area (Å²) in [6.07, 6.45) is 0. The minimum Gasteiger partial charge on any atom is -0.311 e. The van der Waals surface area contributed by atoms with Crippen LogP contribution in [0.3, 0.4) is 0 Å². The zero-order valence-corrected chi connectivity index (χ0v) is 11.3. The van der Waals surface area contributed by atoms with Crippen molar-refractivity contribution in [2.24, 2.45) is 0 Å². The molecule has 0 atom stereocenters. The molecule has 19 heavy (non-hydrogen) atoms. The Morgan fingerprint density at radius 1 is 1.16 bits per heavy atom. The van der Waals surface area contributed by atoms with Crippen molar-refractivity contribution in [3.63, 3.8) is 0 Å². The Balaban J connectivity index is 1.68. The Hall–Kier alpha value is -1.04. The fraction of sp³-hybridized carbons (Fsp3) is 0.571. The van der Waals surface area contributed by atoms with Crippen molar-refractivity contribution < 1.29 is 8.78 Å². The molecule has 0 radical (unpaired) electrons. The van der Waals surface area contributed by atoms with Crippen molar-refractivity contribution >= 4 is 0 Å². The van der Waals surface area contributed by atoms with Crippen LogP contribution in [0.15, 0.2) is 18.2 Å². The number of likely N-dealkylation sites (N-methyl/N-ethyl adjacent to an activating group) is 1. The summed E-state index contributed by atoms with van der Waals surface area (Å²) >= 11 is 0. The lowest BCUT2D eigenvalue weighted by molar-refractivity contribution is 0.154. The van der Waals surface area contributed by atoms with E-state index in [1.807, 2.05) is 0 Å². The summed E-state index contributed by atoms with van der Waals surface area (Å²) in [5.41, 5.74) is 0.387. The van der Waals surface area contributed by atoms with E-state index >= 15 is 0 Å². The maximum Gasteiger partial charge on any atom is 0.163 e. The summed E-state index contributed by atoms with van der Waals surface area (Å²) < 4.78 is 26.4. The van der Waals surface area contributed by atoms with E-state index in [1.54, 1.807) is 6.07 Å². The monoisotopic (exact) mass is 269 g/mol. The first kappa shape index (κ1) is 14.4. The molecule has 0 bridgehead atoms. The van der Waals surface area contributed by atoms with Crippen LogP contribution in [0.1, 0.15) is 5.56 Å². The molecule has 1 heterocycles. The van der Waals surface area contributed by atoms with Gasteiger partial charge in [-0.1, -0.05) is 12.1 Å². The summed E-state index contributed by atoms with van der Waals surface area (Å²) in [7, 11) is 2.13. The highest BCUT2D eigenvalue weighted by Crippen LogP contribution is 2.10. The molecule has 3 nitrogen and oxygen atoms in total. The zero-order chi connectivity index (χ0) is 13.7. The molecule has 1 N–H and O–H groups in total. The topological polar surface area (TPSA) is 18.5 Å². The van der Waals surface area contributed by atoms with Gasteiger partial charge >= 0.3 is 0 Å². The Morgan fingerprint density at radius 3 is 2.63 bits per heavy atom. The minimum atomic E-state index is -0.779. The molecule has 1 aromatic rings. The average Bonchev–Trinajstić information content (AvgIpc) is 2.41. The SMILES string of the molecule is CN1CCN(CCNCc2cccc(F)c2F)CC1. The van der Waals surface area contributed by atoms with E-state index in [-0.39, 0.29) is 0 Å². The Morgan fingerprint density at radius 2 is 1.89 bits per heavy atom. The summed E-state index contributed by atoms with van der Waals surface area (Å²) in [6, 6.07) is 4.29. The first-order valence-corrected chi connectivity index (χ1v) is 6.71. The van der Waals surface area contributed by atoms with Crippen LogP contribution in [-0.4, -0.2) is 56.1 Å². The second kappa shape index (κ2) is 6.93. The van der Waals surface area contributed by atoms with Gasteiger partial charge in [0, 0.05) is 51.4 Å². The van der Waals surface area contributed by atoms with Crippen molar-refractivity contribution in [1.82, 2.24) is 15.1 Å². The molecule has 0 unspecified atom stereocenters. The molecule has 106 valence electrons. The highest BCUT2D eigenvalue weighted by Gasteiger charge is 2.13. The molecule has 1 saturated heterocycles. The largest absolute Gasteiger partial charge is 0.311 e. The van der Waals surface area contributed by atoms with Gasteiger partial charge in [-0.15, -0.1) is 0 Å². The molecule has 1 aromatic carbocycles. The lowest BCUT2D eigenvalue weighted by Crippen LogP contribution is -2.46. The van der Waals surface area contributed by atoms with Crippen LogP contribution in [0.2, 0.25) is 0 Å². The van der Waals surface area contributed by atoms with Crippen molar-refractivity contribution in [3.05, 3.63) is 35.4 Å². The third kappa shape index (κ3) is 4.23. The number of rotatable bonds is 5. The van der Waals surface area contributed by atoms with Gasteiger partial charge in [0.05, 0.1) is 0 Å². The van der Waals surface area contributed by atoms with E-state index in [2.05, 4.69) is 22.2 Å². The van der Waals surface area contributed by atoms with Gasteiger partial charge in [-0.05, 0) is 13.1 Å². The molecule has 1 aliphatic rings. The van der Waals surface area contributed by atoms with Crippen LogP contribution >= 0.6 is 0 Å². The molecule has 0 amide bonds. The second-order valence-corrected chi connectivity index (χ2v) is 5.03. The second-order valence-electron chi connectivity index (χ2n) is 5.03. The number of hydrogen-bond donors (Lipinski definition) is 1. The van der Waals surface area contributed by atoms with Gasteiger partial charge in [-0.2, -0.15) is 0 Å². The molecule has 5 heteroatoms. The van der Waals surface area contributed by atoms with Gasteiger partial charge in [0.15, 0.2) is 11.6 Å². The fourth-order valence-electron chi connectivity index (χ4n) is 2.22. The van der Waals surface area contributed by atoms with Gasteiger partial charge in [-0.25, -0.2) is 8.78 Å². The first-order chi connectivity index (χ1) is 9.16. The Kier molecular flexibility index (Phi) is 5.24.